The first-order chi connectivity index (χ1) is 6.72. The monoisotopic (exact) mass is 258 g/mol. The molecule has 14 heavy (non-hydrogen) atoms. The summed E-state index contributed by atoms with van der Waals surface area (Å²) in [5, 5.41) is 3.28. The van der Waals surface area contributed by atoms with Crippen LogP contribution in [-0.4, -0.2) is 35.6 Å². The van der Waals surface area contributed by atoms with Gasteiger partial charge < -0.3 is 9.64 Å². The van der Waals surface area contributed by atoms with E-state index in [1.165, 1.54) is 7.11 Å². The Kier molecular flexibility index (Phi) is 2.60. The number of hydrogen-bond donors (Lipinski definition) is 1. The van der Waals surface area contributed by atoms with Crippen LogP contribution < -0.4 is 5.32 Å². The number of hydrogen-bond acceptors (Lipinski definition) is 4. The Balaban J connectivity index is 2.19. The Morgan fingerprint density at radius 3 is 3.29 bits per heavy atom. The number of nitrogens with zero attached hydrogens (tertiary/aromatic N) is 1. The van der Waals surface area contributed by atoms with Gasteiger partial charge in [0.15, 0.2) is 0 Å². The highest BCUT2D eigenvalue weighted by atomic mass is 79.9. The average molecular weight is 259 g/mol. The Hall–Kier alpha value is -0.810. The van der Waals surface area contributed by atoms with Crippen LogP contribution in [0.15, 0.2) is 23.9 Å². The van der Waals surface area contributed by atoms with E-state index in [1.807, 2.05) is 17.2 Å². The van der Waals surface area contributed by atoms with Gasteiger partial charge in [-0.3, -0.25) is 5.32 Å². The Morgan fingerprint density at radius 2 is 2.57 bits per heavy atom. The fraction of sp³-hybridized carbons (Fsp3) is 0.444. The smallest absolute Gasteiger partial charge is 0.339 e. The van der Waals surface area contributed by atoms with Gasteiger partial charge in [-0.15, -0.1) is 0 Å². The summed E-state index contributed by atoms with van der Waals surface area (Å²) in [7, 11) is 1.39. The van der Waals surface area contributed by atoms with E-state index in [0.717, 1.165) is 6.54 Å². The first-order valence-electron chi connectivity index (χ1n) is 4.35. The van der Waals surface area contributed by atoms with Crippen molar-refractivity contribution in [3.63, 3.8) is 0 Å². The van der Waals surface area contributed by atoms with Crippen molar-refractivity contribution in [2.24, 2.45) is 0 Å². The molecule has 0 saturated carbocycles. The van der Waals surface area contributed by atoms with Crippen LogP contribution in [0.1, 0.15) is 0 Å². The highest BCUT2D eigenvalue weighted by Gasteiger charge is 2.30. The molecule has 2 aliphatic rings. The molecule has 4 nitrogen and oxygen atoms in total. The van der Waals surface area contributed by atoms with E-state index in [4.69, 9.17) is 0 Å². The van der Waals surface area contributed by atoms with Crippen LogP contribution in [0.5, 0.6) is 0 Å². The third kappa shape index (κ3) is 1.57. The van der Waals surface area contributed by atoms with E-state index in [1.54, 1.807) is 6.08 Å². The number of halogens is 1. The number of ether oxygens (including phenoxy) is 1. The fourth-order valence-electron chi connectivity index (χ4n) is 1.57. The molecule has 0 aromatic heterocycles. The molecule has 2 rings (SSSR count). The molecule has 5 heteroatoms. The van der Waals surface area contributed by atoms with Gasteiger partial charge in [-0.05, 0) is 12.2 Å². The van der Waals surface area contributed by atoms with E-state index in [0.29, 0.717) is 5.57 Å². The van der Waals surface area contributed by atoms with E-state index >= 15 is 0 Å². The largest absolute Gasteiger partial charge is 0.465 e. The minimum atomic E-state index is -0.300. The van der Waals surface area contributed by atoms with Gasteiger partial charge in [0.25, 0.3) is 0 Å². The number of carbonyl (C=O) groups excluding carboxylic acids is 1. The van der Waals surface area contributed by atoms with Crippen molar-refractivity contribution in [3.05, 3.63) is 23.9 Å². The minimum absolute atomic E-state index is 0.188. The molecule has 0 aromatic rings. The number of carbonyl (C=O) groups is 1. The molecule has 0 radical (unpaired) electrons. The first-order valence-corrected chi connectivity index (χ1v) is 5.27. The van der Waals surface area contributed by atoms with Gasteiger partial charge >= 0.3 is 5.97 Å². The zero-order chi connectivity index (χ0) is 10.1. The van der Waals surface area contributed by atoms with E-state index in [2.05, 4.69) is 26.0 Å². The van der Waals surface area contributed by atoms with Gasteiger partial charge in [-0.2, -0.15) is 0 Å². The maximum Gasteiger partial charge on any atom is 0.339 e. The van der Waals surface area contributed by atoms with Crippen LogP contribution in [0.25, 0.3) is 0 Å². The van der Waals surface area contributed by atoms with Crippen LogP contribution in [0.4, 0.5) is 0 Å². The lowest BCUT2D eigenvalue weighted by atomic mass is 10.2. The van der Waals surface area contributed by atoms with Gasteiger partial charge in [-0.1, -0.05) is 15.9 Å². The van der Waals surface area contributed by atoms with Crippen LogP contribution in [0, 0.1) is 0 Å². The van der Waals surface area contributed by atoms with Gasteiger partial charge in [-0.25, -0.2) is 4.79 Å². The molecule has 1 N–H and O–H groups in total. The summed E-state index contributed by atoms with van der Waals surface area (Å²) < 4.78 is 4.65. The summed E-state index contributed by atoms with van der Waals surface area (Å²) in [6, 6.07) is 0. The second-order valence-electron chi connectivity index (χ2n) is 3.17. The van der Waals surface area contributed by atoms with Gasteiger partial charge in [0.1, 0.15) is 0 Å². The number of fused-ring (bicyclic) bond motifs is 1. The summed E-state index contributed by atoms with van der Waals surface area (Å²) in [6.07, 6.45) is 5.74. The molecule has 0 bridgehead atoms. The molecule has 0 aromatic carbocycles. The zero-order valence-corrected chi connectivity index (χ0v) is 9.32. The van der Waals surface area contributed by atoms with Crippen molar-refractivity contribution in [3.8, 4) is 0 Å². The van der Waals surface area contributed by atoms with Crippen molar-refractivity contribution in [2.45, 2.75) is 11.1 Å². The van der Waals surface area contributed by atoms with Crippen molar-refractivity contribution >= 4 is 21.9 Å². The highest BCUT2D eigenvalue weighted by molar-refractivity contribution is 9.09. The standard InChI is InChI=1S/C9H11BrN2O2/c1-14-9(13)6-2-3-8-11-4-7(10)12(8)5-6/h2-3,5,7-8,11H,4H2,1H3/t7-,8-/m0/s1. The third-order valence-corrected chi connectivity index (χ3v) is 3.10. The quantitative estimate of drug-likeness (QED) is 0.424. The fourth-order valence-corrected chi connectivity index (χ4v) is 2.13. The summed E-state index contributed by atoms with van der Waals surface area (Å²) in [6.45, 7) is 0.861. The van der Waals surface area contributed by atoms with Crippen LogP contribution in [-0.2, 0) is 9.53 Å². The summed E-state index contributed by atoms with van der Waals surface area (Å²) >= 11 is 3.51. The number of alkyl halides is 1. The Morgan fingerprint density at radius 1 is 1.79 bits per heavy atom. The van der Waals surface area contributed by atoms with Gasteiger partial charge in [0, 0.05) is 12.7 Å². The minimum Gasteiger partial charge on any atom is -0.465 e. The average Bonchev–Trinajstić information content (AvgIpc) is 2.59. The number of esters is 1. The molecule has 0 aliphatic carbocycles. The van der Waals surface area contributed by atoms with E-state index in [9.17, 15) is 4.79 Å². The van der Waals surface area contributed by atoms with E-state index < -0.39 is 0 Å². The number of methoxy groups -OCH3 is 1. The van der Waals surface area contributed by atoms with Crippen molar-refractivity contribution in [2.75, 3.05) is 13.7 Å². The first kappa shape index (κ1) is 9.73. The maximum absolute atomic E-state index is 11.3. The Bertz CT molecular complexity index is 314. The van der Waals surface area contributed by atoms with Crippen LogP contribution in [0.2, 0.25) is 0 Å². The van der Waals surface area contributed by atoms with E-state index in [-0.39, 0.29) is 17.1 Å². The summed E-state index contributed by atoms with van der Waals surface area (Å²) in [5.74, 6) is -0.300. The van der Waals surface area contributed by atoms with Crippen molar-refractivity contribution in [1.29, 1.82) is 0 Å². The summed E-state index contributed by atoms with van der Waals surface area (Å²) in [4.78, 5) is 13.5. The summed E-state index contributed by atoms with van der Waals surface area (Å²) in [5.41, 5.74) is 0.580. The lowest BCUT2D eigenvalue weighted by Gasteiger charge is -2.26. The molecular formula is C9H11BrN2O2. The molecule has 2 heterocycles. The number of rotatable bonds is 1. The zero-order valence-electron chi connectivity index (χ0n) is 7.74. The predicted octanol–water partition coefficient (Wildman–Crippen LogP) is 0.565. The molecule has 76 valence electrons. The van der Waals surface area contributed by atoms with Crippen LogP contribution >= 0.6 is 15.9 Å². The molecule has 0 amide bonds. The number of nitrogens with one attached hydrogen (secondary N) is 1. The molecule has 1 fully saturated rings. The molecule has 0 unspecified atom stereocenters. The lowest BCUT2D eigenvalue weighted by Crippen LogP contribution is -2.34. The second kappa shape index (κ2) is 3.74. The topological polar surface area (TPSA) is 41.6 Å². The van der Waals surface area contributed by atoms with Crippen LogP contribution in [0.3, 0.4) is 0 Å². The second-order valence-corrected chi connectivity index (χ2v) is 4.23. The van der Waals surface area contributed by atoms with Gasteiger partial charge in [0.05, 0.1) is 23.8 Å². The third-order valence-electron chi connectivity index (χ3n) is 2.31. The lowest BCUT2D eigenvalue weighted by molar-refractivity contribution is -0.135. The van der Waals surface area contributed by atoms with Crippen molar-refractivity contribution in [1.82, 2.24) is 10.2 Å². The molecule has 1 saturated heterocycles. The molecule has 2 aliphatic heterocycles. The van der Waals surface area contributed by atoms with Gasteiger partial charge in [0.2, 0.25) is 0 Å². The predicted molar refractivity (Wildman–Crippen MR) is 55.6 cm³/mol. The molecule has 0 spiro atoms. The molecular weight excluding hydrogens is 248 g/mol. The Labute approximate surface area is 90.7 Å². The normalized spacial score (nSPS) is 29.9. The SMILES string of the molecule is COC(=O)C1=CN2[C@H](Br)CN[C@@H]2C=C1. The highest BCUT2D eigenvalue weighted by Crippen LogP contribution is 2.23. The van der Waals surface area contributed by atoms with Crippen molar-refractivity contribution < 1.29 is 9.53 Å². The molecule has 2 atom stereocenters. The maximum atomic E-state index is 11.3.